The molecular weight excluding hydrogens is 420 g/mol. The molecule has 0 saturated carbocycles. The van der Waals surface area contributed by atoms with E-state index in [2.05, 4.69) is 6.92 Å². The molecule has 2 aliphatic rings. The van der Waals surface area contributed by atoms with Crippen molar-refractivity contribution in [2.24, 2.45) is 0 Å². The van der Waals surface area contributed by atoms with Crippen molar-refractivity contribution in [2.75, 3.05) is 31.2 Å². The van der Waals surface area contributed by atoms with E-state index in [1.807, 2.05) is 0 Å². The monoisotopic (exact) mass is 440 g/mol. The van der Waals surface area contributed by atoms with E-state index in [1.165, 1.54) is 23.5 Å². The standard InChI is InChI=1S/C18H20N2O3S4/c1-2-3-9-23-14-12(15(21)19-7-10-26-17(19)24)5-4-6-13(14)16(22)20-8-11-27-18(20)25/h4-6H,2-3,7-11H2,1H3. The number of ether oxygens (including phenoxy) is 1. The number of unbranched alkanes of at least 4 members (excludes halogenated alkanes) is 1. The van der Waals surface area contributed by atoms with Crippen molar-refractivity contribution < 1.29 is 14.3 Å². The largest absolute Gasteiger partial charge is 0.492 e. The van der Waals surface area contributed by atoms with Crippen LogP contribution in [0.1, 0.15) is 40.5 Å². The van der Waals surface area contributed by atoms with Crippen LogP contribution in [0, 0.1) is 0 Å². The predicted molar refractivity (Wildman–Crippen MR) is 119 cm³/mol. The third kappa shape index (κ3) is 4.47. The smallest absolute Gasteiger partial charge is 0.263 e. The lowest BCUT2D eigenvalue weighted by atomic mass is 10.1. The van der Waals surface area contributed by atoms with Gasteiger partial charge >= 0.3 is 0 Å². The molecule has 2 saturated heterocycles. The number of carbonyl (C=O) groups is 2. The average Bonchev–Trinajstić information content (AvgIpc) is 3.29. The van der Waals surface area contributed by atoms with Crippen molar-refractivity contribution >= 4 is 68.4 Å². The van der Waals surface area contributed by atoms with E-state index >= 15 is 0 Å². The Morgan fingerprint density at radius 2 is 1.56 bits per heavy atom. The van der Waals surface area contributed by atoms with Gasteiger partial charge in [-0.15, -0.1) is 0 Å². The van der Waals surface area contributed by atoms with E-state index in [-0.39, 0.29) is 11.8 Å². The predicted octanol–water partition coefficient (Wildman–Crippen LogP) is 3.81. The molecule has 1 aromatic rings. The summed E-state index contributed by atoms with van der Waals surface area (Å²) in [6.07, 6.45) is 1.80. The van der Waals surface area contributed by atoms with Gasteiger partial charge in [0.25, 0.3) is 11.8 Å². The molecule has 9 heteroatoms. The third-order valence-electron chi connectivity index (χ3n) is 4.23. The van der Waals surface area contributed by atoms with Crippen LogP contribution in [0.15, 0.2) is 18.2 Å². The van der Waals surface area contributed by atoms with Gasteiger partial charge < -0.3 is 4.74 Å². The second-order valence-electron chi connectivity index (χ2n) is 6.03. The Bertz CT molecular complexity index is 728. The number of thiocarbonyl (C=S) groups is 2. The van der Waals surface area contributed by atoms with Crippen molar-refractivity contribution in [1.82, 2.24) is 9.80 Å². The van der Waals surface area contributed by atoms with Crippen molar-refractivity contribution in [1.29, 1.82) is 0 Å². The van der Waals surface area contributed by atoms with Crippen molar-refractivity contribution in [3.8, 4) is 5.75 Å². The number of hydrogen-bond donors (Lipinski definition) is 0. The second-order valence-corrected chi connectivity index (χ2v) is 9.48. The fourth-order valence-electron chi connectivity index (χ4n) is 2.79. The van der Waals surface area contributed by atoms with Crippen LogP contribution in [0.5, 0.6) is 5.75 Å². The normalized spacial score (nSPS) is 16.9. The molecule has 2 fully saturated rings. The Labute approximate surface area is 178 Å². The van der Waals surface area contributed by atoms with E-state index in [9.17, 15) is 9.59 Å². The van der Waals surface area contributed by atoms with Gasteiger partial charge in [0.1, 0.15) is 14.4 Å². The van der Waals surface area contributed by atoms with E-state index in [4.69, 9.17) is 29.2 Å². The Balaban J connectivity index is 1.97. The Kier molecular flexibility index (Phi) is 7.13. The molecule has 0 spiro atoms. The molecule has 2 aliphatic heterocycles. The Morgan fingerprint density at radius 1 is 1.04 bits per heavy atom. The Morgan fingerprint density at radius 3 is 1.96 bits per heavy atom. The lowest BCUT2D eigenvalue weighted by Crippen LogP contribution is -2.33. The van der Waals surface area contributed by atoms with Gasteiger partial charge in [0.15, 0.2) is 0 Å². The zero-order valence-electron chi connectivity index (χ0n) is 14.9. The molecular formula is C18H20N2O3S4. The summed E-state index contributed by atoms with van der Waals surface area (Å²) >= 11 is 13.5. The summed E-state index contributed by atoms with van der Waals surface area (Å²) in [4.78, 5) is 29.3. The molecule has 2 heterocycles. The average molecular weight is 441 g/mol. The summed E-state index contributed by atoms with van der Waals surface area (Å²) in [7, 11) is 0. The van der Waals surface area contributed by atoms with Crippen LogP contribution < -0.4 is 4.74 Å². The summed E-state index contributed by atoms with van der Waals surface area (Å²) in [5.41, 5.74) is 0.749. The molecule has 0 N–H and O–H groups in total. The molecule has 0 bridgehead atoms. The topological polar surface area (TPSA) is 49.9 Å². The van der Waals surface area contributed by atoms with Crippen LogP contribution in [-0.4, -0.2) is 61.5 Å². The molecule has 144 valence electrons. The van der Waals surface area contributed by atoms with Gasteiger partial charge in [-0.1, -0.05) is 67.4 Å². The summed E-state index contributed by atoms with van der Waals surface area (Å²) in [6, 6.07) is 5.11. The van der Waals surface area contributed by atoms with E-state index < -0.39 is 0 Å². The number of carbonyl (C=O) groups excluding carboxylic acids is 2. The number of thioether (sulfide) groups is 2. The first kappa shape index (κ1) is 20.6. The Hall–Kier alpha value is -1.16. The maximum atomic E-state index is 13.1. The van der Waals surface area contributed by atoms with Crippen LogP contribution in [0.2, 0.25) is 0 Å². The summed E-state index contributed by atoms with van der Waals surface area (Å²) in [6.45, 7) is 3.65. The van der Waals surface area contributed by atoms with Gasteiger partial charge in [-0.3, -0.25) is 19.4 Å². The number of para-hydroxylation sites is 1. The van der Waals surface area contributed by atoms with Crippen molar-refractivity contribution in [2.45, 2.75) is 19.8 Å². The van der Waals surface area contributed by atoms with Gasteiger partial charge in [-0.05, 0) is 18.6 Å². The van der Waals surface area contributed by atoms with Crippen LogP contribution >= 0.6 is 48.0 Å². The first-order chi connectivity index (χ1) is 13.0. The molecule has 1 aromatic carbocycles. The number of benzene rings is 1. The molecule has 0 aliphatic carbocycles. The zero-order chi connectivity index (χ0) is 19.4. The van der Waals surface area contributed by atoms with E-state index in [0.29, 0.717) is 45.2 Å². The molecule has 5 nitrogen and oxygen atoms in total. The summed E-state index contributed by atoms with van der Waals surface area (Å²) in [5, 5.41) is 0. The number of rotatable bonds is 6. The second kappa shape index (κ2) is 9.36. The fraction of sp³-hybridized carbons (Fsp3) is 0.444. The molecule has 0 atom stereocenters. The summed E-state index contributed by atoms with van der Waals surface area (Å²) in [5.74, 6) is 1.47. The van der Waals surface area contributed by atoms with Crippen LogP contribution in [0.25, 0.3) is 0 Å². The van der Waals surface area contributed by atoms with Gasteiger partial charge in [0.05, 0.1) is 17.7 Å². The van der Waals surface area contributed by atoms with Gasteiger partial charge in [0.2, 0.25) is 0 Å². The van der Waals surface area contributed by atoms with Crippen molar-refractivity contribution in [3.05, 3.63) is 29.3 Å². The summed E-state index contributed by atoms with van der Waals surface area (Å²) < 4.78 is 7.07. The molecule has 27 heavy (non-hydrogen) atoms. The highest BCUT2D eigenvalue weighted by atomic mass is 32.2. The lowest BCUT2D eigenvalue weighted by Gasteiger charge is -2.21. The minimum Gasteiger partial charge on any atom is -0.492 e. The molecule has 0 aromatic heterocycles. The highest BCUT2D eigenvalue weighted by Crippen LogP contribution is 2.31. The SMILES string of the molecule is CCCCOc1c(C(=O)N2CCSC2=S)cccc1C(=O)N1CCSC1=S. The molecule has 0 unspecified atom stereocenters. The highest BCUT2D eigenvalue weighted by Gasteiger charge is 2.32. The van der Waals surface area contributed by atoms with Gasteiger partial charge in [0, 0.05) is 24.6 Å². The van der Waals surface area contributed by atoms with Gasteiger partial charge in [-0.25, -0.2) is 0 Å². The fourth-order valence-corrected chi connectivity index (χ4v) is 5.20. The van der Waals surface area contributed by atoms with Crippen molar-refractivity contribution in [3.63, 3.8) is 0 Å². The zero-order valence-corrected chi connectivity index (χ0v) is 18.2. The first-order valence-corrected chi connectivity index (χ1v) is 11.6. The van der Waals surface area contributed by atoms with E-state index in [0.717, 1.165) is 24.3 Å². The molecule has 2 amide bonds. The quantitative estimate of drug-likeness (QED) is 0.492. The van der Waals surface area contributed by atoms with Crippen LogP contribution in [0.4, 0.5) is 0 Å². The van der Waals surface area contributed by atoms with Gasteiger partial charge in [-0.2, -0.15) is 0 Å². The number of nitrogens with zero attached hydrogens (tertiary/aromatic N) is 2. The maximum absolute atomic E-state index is 13.1. The first-order valence-electron chi connectivity index (χ1n) is 8.77. The maximum Gasteiger partial charge on any atom is 0.263 e. The number of amides is 2. The number of hydrogen-bond acceptors (Lipinski definition) is 7. The van der Waals surface area contributed by atoms with E-state index in [1.54, 1.807) is 28.0 Å². The van der Waals surface area contributed by atoms with Crippen LogP contribution in [-0.2, 0) is 0 Å². The minimum atomic E-state index is -0.218. The lowest BCUT2D eigenvalue weighted by molar-refractivity contribution is 0.0852. The highest BCUT2D eigenvalue weighted by molar-refractivity contribution is 8.23. The molecule has 0 radical (unpaired) electrons. The third-order valence-corrected chi connectivity index (χ3v) is 7.09. The molecule has 3 rings (SSSR count). The minimum absolute atomic E-state index is 0.218. The van der Waals surface area contributed by atoms with Crippen LogP contribution in [0.3, 0.4) is 0 Å².